The molecule has 1 saturated heterocycles. The molecule has 0 aromatic carbocycles. The van der Waals surface area contributed by atoms with E-state index in [1.165, 1.54) is 180 Å². The number of amides is 1. The Morgan fingerprint density at radius 3 is 1.25 bits per heavy atom. The van der Waals surface area contributed by atoms with E-state index in [9.17, 15) is 35.4 Å². The lowest BCUT2D eigenvalue weighted by Crippen LogP contribution is -2.60. The zero-order chi connectivity index (χ0) is 43.2. The molecule has 0 radical (unpaired) electrons. The molecule has 1 fully saturated rings. The summed E-state index contributed by atoms with van der Waals surface area (Å²) in [7, 11) is 0. The maximum Gasteiger partial charge on any atom is 0.220 e. The van der Waals surface area contributed by atoms with E-state index in [0.29, 0.717) is 6.42 Å². The average molecular weight is 844 g/mol. The van der Waals surface area contributed by atoms with Gasteiger partial charge in [0.05, 0.1) is 25.4 Å². The first-order valence-corrected chi connectivity index (χ1v) is 25.3. The number of aliphatic hydroxyl groups excluding tert-OH is 6. The van der Waals surface area contributed by atoms with Crippen molar-refractivity contribution in [3.8, 4) is 0 Å². The molecule has 1 aliphatic heterocycles. The van der Waals surface area contributed by atoms with E-state index in [4.69, 9.17) is 9.47 Å². The normalized spacial score (nSPS) is 21.1. The van der Waals surface area contributed by atoms with Crippen LogP contribution in [0.1, 0.15) is 245 Å². The Kier molecular flexibility index (Phi) is 38.0. The molecule has 352 valence electrons. The Morgan fingerprint density at radius 1 is 0.525 bits per heavy atom. The van der Waals surface area contributed by atoms with Crippen molar-refractivity contribution in [1.29, 1.82) is 0 Å². The van der Waals surface area contributed by atoms with Crippen LogP contribution in [0.3, 0.4) is 0 Å². The quantitative estimate of drug-likeness (QED) is 0.0296. The smallest absolute Gasteiger partial charge is 0.220 e. The number of carbonyl (C=O) groups excluding carboxylic acids is 1. The largest absolute Gasteiger partial charge is 0.394 e. The van der Waals surface area contributed by atoms with Gasteiger partial charge in [0.25, 0.3) is 0 Å². The summed E-state index contributed by atoms with van der Waals surface area (Å²) >= 11 is 0. The molecule has 0 saturated carbocycles. The molecule has 2 unspecified atom stereocenters. The van der Waals surface area contributed by atoms with Crippen molar-refractivity contribution in [1.82, 2.24) is 5.32 Å². The molecule has 0 spiro atoms. The van der Waals surface area contributed by atoms with E-state index >= 15 is 0 Å². The van der Waals surface area contributed by atoms with Crippen molar-refractivity contribution in [2.45, 2.75) is 294 Å². The van der Waals surface area contributed by atoms with Gasteiger partial charge >= 0.3 is 0 Å². The van der Waals surface area contributed by atoms with Gasteiger partial charge in [-0.1, -0.05) is 226 Å². The second kappa shape index (κ2) is 40.0. The minimum absolute atomic E-state index is 0.252. The SMILES string of the molecule is CCCCCCCCCCCCCCCCCCCCC(=O)N[C@@H](CO[C@@H]1O[C@H](CO)[C@H](O)C(O)C1O)[C@H](O)[C@H](O)CCCCCCCCCCCCCCCCCC. The number of unbranched alkanes of at least 4 members (excludes halogenated alkanes) is 32. The van der Waals surface area contributed by atoms with Crippen LogP contribution < -0.4 is 5.32 Å². The van der Waals surface area contributed by atoms with Gasteiger partial charge < -0.3 is 45.4 Å². The van der Waals surface area contributed by atoms with E-state index in [-0.39, 0.29) is 18.9 Å². The first kappa shape index (κ1) is 56.2. The Hall–Kier alpha value is -0.850. The third-order valence-electron chi connectivity index (χ3n) is 12.6. The summed E-state index contributed by atoms with van der Waals surface area (Å²) in [6, 6.07) is -0.985. The molecule has 1 amide bonds. The van der Waals surface area contributed by atoms with Gasteiger partial charge in [-0.2, -0.15) is 0 Å². The predicted molar refractivity (Wildman–Crippen MR) is 241 cm³/mol. The number of nitrogens with one attached hydrogen (secondary N) is 1. The maximum atomic E-state index is 13.0. The highest BCUT2D eigenvalue weighted by Gasteiger charge is 2.44. The van der Waals surface area contributed by atoms with Crippen molar-refractivity contribution in [3.05, 3.63) is 0 Å². The number of hydrogen-bond acceptors (Lipinski definition) is 9. The fourth-order valence-electron chi connectivity index (χ4n) is 8.44. The Balaban J connectivity index is 2.33. The molecule has 7 N–H and O–H groups in total. The summed E-state index contributed by atoms with van der Waals surface area (Å²) in [5.74, 6) is -0.252. The molecule has 1 rings (SSSR count). The van der Waals surface area contributed by atoms with Crippen LogP contribution in [0.5, 0.6) is 0 Å². The lowest BCUT2D eigenvalue weighted by atomic mass is 9.98. The summed E-state index contributed by atoms with van der Waals surface area (Å²) in [6.07, 6.45) is 33.9. The summed E-state index contributed by atoms with van der Waals surface area (Å²) in [4.78, 5) is 13.0. The predicted octanol–water partition coefficient (Wildman–Crippen LogP) is 10.1. The molecule has 0 aliphatic carbocycles. The summed E-state index contributed by atoms with van der Waals surface area (Å²) in [5, 5.41) is 65.3. The van der Waals surface area contributed by atoms with E-state index < -0.39 is 55.6 Å². The lowest BCUT2D eigenvalue weighted by Gasteiger charge is -2.40. The molecule has 0 aromatic rings. The highest BCUT2D eigenvalue weighted by Crippen LogP contribution is 2.23. The Bertz CT molecular complexity index is 911. The van der Waals surface area contributed by atoms with Gasteiger partial charge in [0.2, 0.25) is 5.91 Å². The lowest BCUT2D eigenvalue weighted by molar-refractivity contribution is -0.303. The molecule has 8 atom stereocenters. The number of rotatable bonds is 43. The molecule has 10 nitrogen and oxygen atoms in total. The molecule has 0 bridgehead atoms. The van der Waals surface area contributed by atoms with Crippen molar-refractivity contribution in [3.63, 3.8) is 0 Å². The van der Waals surface area contributed by atoms with Crippen LogP contribution in [0.15, 0.2) is 0 Å². The van der Waals surface area contributed by atoms with Gasteiger partial charge in [0, 0.05) is 6.42 Å². The van der Waals surface area contributed by atoms with E-state index in [1.54, 1.807) is 0 Å². The van der Waals surface area contributed by atoms with E-state index in [1.807, 2.05) is 0 Å². The van der Waals surface area contributed by atoms with Crippen molar-refractivity contribution in [2.75, 3.05) is 13.2 Å². The molecule has 0 aromatic heterocycles. The van der Waals surface area contributed by atoms with Crippen molar-refractivity contribution < 1.29 is 44.9 Å². The van der Waals surface area contributed by atoms with Crippen LogP contribution in [0.25, 0.3) is 0 Å². The van der Waals surface area contributed by atoms with Crippen molar-refractivity contribution >= 4 is 5.91 Å². The van der Waals surface area contributed by atoms with Crippen LogP contribution in [0, 0.1) is 0 Å². The van der Waals surface area contributed by atoms with E-state index in [2.05, 4.69) is 19.2 Å². The number of ether oxygens (including phenoxy) is 2. The first-order chi connectivity index (χ1) is 28.8. The minimum Gasteiger partial charge on any atom is -0.394 e. The third kappa shape index (κ3) is 30.0. The summed E-state index contributed by atoms with van der Waals surface area (Å²) in [6.45, 7) is 3.64. The highest BCUT2D eigenvalue weighted by molar-refractivity contribution is 5.76. The summed E-state index contributed by atoms with van der Waals surface area (Å²) < 4.78 is 11.2. The van der Waals surface area contributed by atoms with Gasteiger partial charge in [-0.3, -0.25) is 4.79 Å². The standard InChI is InChI=1S/C49H97NO9/c1-3-5-7-9-11-13-15-17-19-21-22-24-26-28-30-32-34-36-38-44(53)50-41(40-58-49-48(57)47(56)46(55)43(39-51)59-49)45(54)42(52)37-35-33-31-29-27-25-23-20-18-16-14-12-10-8-6-4-2/h41-43,45-49,51-52,54-57H,3-40H2,1-2H3,(H,50,53)/t41-,42+,43+,45-,46-,47?,48?,49+/m0/s1. The first-order valence-electron chi connectivity index (χ1n) is 25.3. The van der Waals surface area contributed by atoms with Crippen LogP contribution >= 0.6 is 0 Å². The van der Waals surface area contributed by atoms with Crippen molar-refractivity contribution in [2.24, 2.45) is 0 Å². The Morgan fingerprint density at radius 2 is 0.881 bits per heavy atom. The zero-order valence-corrected chi connectivity index (χ0v) is 38.4. The monoisotopic (exact) mass is 844 g/mol. The fraction of sp³-hybridized carbons (Fsp3) is 0.980. The molecule has 1 aliphatic rings. The van der Waals surface area contributed by atoms with Crippen LogP contribution in [0.2, 0.25) is 0 Å². The number of hydrogen-bond donors (Lipinski definition) is 7. The molecule has 59 heavy (non-hydrogen) atoms. The van der Waals surface area contributed by atoms with Gasteiger partial charge in [0.15, 0.2) is 6.29 Å². The van der Waals surface area contributed by atoms with E-state index in [0.717, 1.165) is 38.5 Å². The van der Waals surface area contributed by atoms with Gasteiger partial charge in [0.1, 0.15) is 30.5 Å². The number of aliphatic hydroxyl groups is 6. The maximum absolute atomic E-state index is 13.0. The van der Waals surface area contributed by atoms with Crippen LogP contribution in [0.4, 0.5) is 0 Å². The van der Waals surface area contributed by atoms with Crippen LogP contribution in [-0.2, 0) is 14.3 Å². The molecule has 1 heterocycles. The van der Waals surface area contributed by atoms with Gasteiger partial charge in [-0.05, 0) is 12.8 Å². The zero-order valence-electron chi connectivity index (χ0n) is 38.4. The topological polar surface area (TPSA) is 169 Å². The average Bonchev–Trinajstić information content (AvgIpc) is 3.23. The van der Waals surface area contributed by atoms with Crippen LogP contribution in [-0.4, -0.2) is 98.7 Å². The molecule has 10 heteroatoms. The third-order valence-corrected chi connectivity index (χ3v) is 12.6. The Labute approximate surface area is 362 Å². The molecular weight excluding hydrogens is 747 g/mol. The summed E-state index contributed by atoms with van der Waals surface area (Å²) in [5.41, 5.74) is 0. The second-order valence-corrected chi connectivity index (χ2v) is 18.1. The highest BCUT2D eigenvalue weighted by atomic mass is 16.7. The van der Waals surface area contributed by atoms with Gasteiger partial charge in [-0.15, -0.1) is 0 Å². The fourth-order valence-corrected chi connectivity index (χ4v) is 8.44. The number of carbonyl (C=O) groups is 1. The molecular formula is C49H97NO9. The van der Waals surface area contributed by atoms with Gasteiger partial charge in [-0.25, -0.2) is 0 Å². The second-order valence-electron chi connectivity index (χ2n) is 18.1. The minimum atomic E-state index is -1.60.